The maximum atomic E-state index is 13.3. The molecule has 0 radical (unpaired) electrons. The summed E-state index contributed by atoms with van der Waals surface area (Å²) < 4.78 is 13.3. The predicted molar refractivity (Wildman–Crippen MR) is 112 cm³/mol. The van der Waals surface area contributed by atoms with E-state index in [0.29, 0.717) is 5.56 Å². The second kappa shape index (κ2) is 9.00. The molecule has 1 aliphatic rings. The summed E-state index contributed by atoms with van der Waals surface area (Å²) in [5, 5.41) is 7.15. The third-order valence-electron chi connectivity index (χ3n) is 5.35. The van der Waals surface area contributed by atoms with E-state index in [1.807, 2.05) is 12.1 Å². The molecule has 1 saturated heterocycles. The summed E-state index contributed by atoms with van der Waals surface area (Å²) in [6.07, 6.45) is 4.62. The monoisotopic (exact) mass is 406 g/mol. The summed E-state index contributed by atoms with van der Waals surface area (Å²) in [5.74, 6) is -0.690. The zero-order chi connectivity index (χ0) is 20.9. The van der Waals surface area contributed by atoms with E-state index in [1.165, 1.54) is 17.8 Å². The molecule has 0 aliphatic carbocycles. The normalized spacial score (nSPS) is 15.1. The minimum atomic E-state index is -0.482. The van der Waals surface area contributed by atoms with Crippen molar-refractivity contribution in [2.75, 3.05) is 13.1 Å². The Morgan fingerprint density at radius 1 is 1.07 bits per heavy atom. The first-order valence-electron chi connectivity index (χ1n) is 9.99. The number of pyridine rings is 1. The summed E-state index contributed by atoms with van der Waals surface area (Å²) in [4.78, 5) is 30.3. The number of piperidine rings is 1. The lowest BCUT2D eigenvalue weighted by molar-refractivity contribution is 0.0961. The number of hydrogen-bond donors (Lipinski definition) is 2. The fraction of sp³-hybridized carbons (Fsp3) is 0.261. The van der Waals surface area contributed by atoms with Crippen molar-refractivity contribution in [3.63, 3.8) is 0 Å². The van der Waals surface area contributed by atoms with Crippen LogP contribution in [-0.4, -0.2) is 41.0 Å². The Balaban J connectivity index is 1.25. The molecule has 154 valence electrons. The molecular formula is C23H23FN4O2. The predicted octanol–water partition coefficient (Wildman–Crippen LogP) is 3.48. The number of fused-ring (bicyclic) bond motifs is 1. The first kappa shape index (κ1) is 20.0. The van der Waals surface area contributed by atoms with Crippen LogP contribution in [-0.2, 0) is 6.54 Å². The Bertz CT molecular complexity index is 1050. The van der Waals surface area contributed by atoms with Crippen molar-refractivity contribution in [3.8, 4) is 0 Å². The van der Waals surface area contributed by atoms with Crippen molar-refractivity contribution in [1.29, 1.82) is 0 Å². The number of hydrogen-bond acceptors (Lipinski definition) is 4. The molecule has 0 saturated carbocycles. The number of aromatic nitrogens is 1. The van der Waals surface area contributed by atoms with Crippen LogP contribution >= 0.6 is 0 Å². The number of benzene rings is 2. The fourth-order valence-electron chi connectivity index (χ4n) is 3.75. The number of carbonyl (C=O) groups excluding carboxylic acids is 2. The van der Waals surface area contributed by atoms with Gasteiger partial charge in [0.05, 0.1) is 5.56 Å². The van der Waals surface area contributed by atoms with Gasteiger partial charge in [0.1, 0.15) is 5.82 Å². The van der Waals surface area contributed by atoms with Gasteiger partial charge in [-0.25, -0.2) is 9.18 Å². The highest BCUT2D eigenvalue weighted by atomic mass is 19.1. The summed E-state index contributed by atoms with van der Waals surface area (Å²) in [5.41, 5.74) is 1.53. The number of nitrogens with one attached hydrogen (secondary N) is 2. The number of urea groups is 1. The van der Waals surface area contributed by atoms with Crippen LogP contribution in [0, 0.1) is 5.82 Å². The lowest BCUT2D eigenvalue weighted by atomic mass is 10.0. The Morgan fingerprint density at radius 3 is 2.60 bits per heavy atom. The number of nitrogens with zero attached hydrogens (tertiary/aromatic N) is 2. The average molecular weight is 406 g/mol. The van der Waals surface area contributed by atoms with E-state index in [1.54, 1.807) is 30.5 Å². The molecule has 4 rings (SSSR count). The molecule has 0 spiro atoms. The van der Waals surface area contributed by atoms with Crippen molar-refractivity contribution in [1.82, 2.24) is 20.5 Å². The van der Waals surface area contributed by atoms with Crippen molar-refractivity contribution < 1.29 is 14.0 Å². The molecule has 3 amide bonds. The molecule has 1 aromatic heterocycles. The molecular weight excluding hydrogens is 383 g/mol. The molecule has 7 heteroatoms. The van der Waals surface area contributed by atoms with E-state index in [2.05, 4.69) is 26.6 Å². The summed E-state index contributed by atoms with van der Waals surface area (Å²) in [7, 11) is 0. The average Bonchev–Trinajstić information content (AvgIpc) is 2.76. The maximum absolute atomic E-state index is 13.3. The fourth-order valence-corrected chi connectivity index (χ4v) is 3.75. The van der Waals surface area contributed by atoms with Gasteiger partial charge in [-0.05, 0) is 59.5 Å². The van der Waals surface area contributed by atoms with Crippen LogP contribution in [0.15, 0.2) is 60.9 Å². The highest BCUT2D eigenvalue weighted by Crippen LogP contribution is 2.20. The Labute approximate surface area is 174 Å². The second-order valence-corrected chi connectivity index (χ2v) is 7.55. The third-order valence-corrected chi connectivity index (χ3v) is 5.35. The van der Waals surface area contributed by atoms with Crippen LogP contribution in [0.4, 0.5) is 9.18 Å². The third kappa shape index (κ3) is 4.99. The van der Waals surface area contributed by atoms with E-state index in [9.17, 15) is 14.0 Å². The van der Waals surface area contributed by atoms with Crippen molar-refractivity contribution >= 4 is 22.7 Å². The summed E-state index contributed by atoms with van der Waals surface area (Å²) >= 11 is 0. The van der Waals surface area contributed by atoms with E-state index in [0.717, 1.165) is 43.2 Å². The molecule has 2 aromatic carbocycles. The van der Waals surface area contributed by atoms with Gasteiger partial charge in [-0.1, -0.05) is 18.2 Å². The molecule has 1 fully saturated rings. The SMILES string of the molecule is O=C(NC(=O)c1cccnc1)NC1CCN(Cc2ccc3cc(F)ccc3c2)CC1. The number of imide groups is 1. The quantitative estimate of drug-likeness (QED) is 0.696. The number of amides is 3. The van der Waals surface area contributed by atoms with Crippen molar-refractivity contribution in [3.05, 3.63) is 77.9 Å². The minimum absolute atomic E-state index is 0.0301. The van der Waals surface area contributed by atoms with Crippen molar-refractivity contribution in [2.24, 2.45) is 0 Å². The molecule has 0 bridgehead atoms. The van der Waals surface area contributed by atoms with Crippen LogP contribution in [0.2, 0.25) is 0 Å². The first-order chi connectivity index (χ1) is 14.6. The van der Waals surface area contributed by atoms with E-state index >= 15 is 0 Å². The number of likely N-dealkylation sites (tertiary alicyclic amines) is 1. The largest absolute Gasteiger partial charge is 0.335 e. The van der Waals surface area contributed by atoms with Crippen LogP contribution < -0.4 is 10.6 Å². The maximum Gasteiger partial charge on any atom is 0.321 e. The number of rotatable bonds is 4. The van der Waals surface area contributed by atoms with Gasteiger partial charge in [0.2, 0.25) is 0 Å². The summed E-state index contributed by atoms with van der Waals surface area (Å²) in [6.45, 7) is 2.51. The Morgan fingerprint density at radius 2 is 1.83 bits per heavy atom. The van der Waals surface area contributed by atoms with Gasteiger partial charge in [-0.3, -0.25) is 20.0 Å². The zero-order valence-corrected chi connectivity index (χ0v) is 16.5. The van der Waals surface area contributed by atoms with Crippen molar-refractivity contribution in [2.45, 2.75) is 25.4 Å². The van der Waals surface area contributed by atoms with Gasteiger partial charge < -0.3 is 5.32 Å². The molecule has 1 aliphatic heterocycles. The molecule has 2 N–H and O–H groups in total. The van der Waals surface area contributed by atoms with Gasteiger partial charge in [0.15, 0.2) is 0 Å². The van der Waals surface area contributed by atoms with Crippen LogP contribution in [0.5, 0.6) is 0 Å². The number of carbonyl (C=O) groups is 2. The second-order valence-electron chi connectivity index (χ2n) is 7.55. The van der Waals surface area contributed by atoms with Crippen LogP contribution in [0.1, 0.15) is 28.8 Å². The molecule has 0 unspecified atom stereocenters. The molecule has 0 atom stereocenters. The van der Waals surface area contributed by atoms with Crippen LogP contribution in [0.3, 0.4) is 0 Å². The molecule has 3 aromatic rings. The highest BCUT2D eigenvalue weighted by molar-refractivity contribution is 6.04. The smallest absolute Gasteiger partial charge is 0.321 e. The Hall–Kier alpha value is -3.32. The van der Waals surface area contributed by atoms with E-state index < -0.39 is 11.9 Å². The van der Waals surface area contributed by atoms with Gasteiger partial charge in [-0.2, -0.15) is 0 Å². The summed E-state index contributed by atoms with van der Waals surface area (Å²) in [6, 6.07) is 13.7. The van der Waals surface area contributed by atoms with Gasteiger partial charge in [0.25, 0.3) is 5.91 Å². The topological polar surface area (TPSA) is 74.3 Å². The van der Waals surface area contributed by atoms with E-state index in [4.69, 9.17) is 0 Å². The molecule has 2 heterocycles. The lowest BCUT2D eigenvalue weighted by Crippen LogP contribution is -2.49. The van der Waals surface area contributed by atoms with Gasteiger partial charge >= 0.3 is 6.03 Å². The first-order valence-corrected chi connectivity index (χ1v) is 9.99. The molecule has 30 heavy (non-hydrogen) atoms. The van der Waals surface area contributed by atoms with E-state index in [-0.39, 0.29) is 11.9 Å². The Kier molecular flexibility index (Phi) is 5.99. The van der Waals surface area contributed by atoms with Crippen LogP contribution in [0.25, 0.3) is 10.8 Å². The lowest BCUT2D eigenvalue weighted by Gasteiger charge is -2.32. The zero-order valence-electron chi connectivity index (χ0n) is 16.5. The standard InChI is InChI=1S/C23H23FN4O2/c24-20-6-5-17-12-16(3-4-18(17)13-20)15-28-10-7-21(8-11-28)26-23(30)27-22(29)19-2-1-9-25-14-19/h1-6,9,12-14,21H,7-8,10-11,15H2,(H2,26,27,29,30). The van der Waals surface area contributed by atoms with Gasteiger partial charge in [-0.15, -0.1) is 0 Å². The highest BCUT2D eigenvalue weighted by Gasteiger charge is 2.21. The minimum Gasteiger partial charge on any atom is -0.335 e. The molecule has 6 nitrogen and oxygen atoms in total. The van der Waals surface area contributed by atoms with Gasteiger partial charge in [0, 0.05) is 38.1 Å². The number of halogens is 1.